The summed E-state index contributed by atoms with van der Waals surface area (Å²) in [5.74, 6) is 0.786. The van der Waals surface area contributed by atoms with Gasteiger partial charge in [0.15, 0.2) is 0 Å². The average Bonchev–Trinajstić information content (AvgIpc) is 2.66. The number of carbonyl (C=O) groups is 1. The number of nitrogens with zero attached hydrogens (tertiary/aromatic N) is 1. The molecule has 3 nitrogen and oxygen atoms in total. The van der Waals surface area contributed by atoms with Gasteiger partial charge in [-0.05, 0) is 73.4 Å². The van der Waals surface area contributed by atoms with E-state index in [4.69, 9.17) is 11.6 Å². The van der Waals surface area contributed by atoms with Crippen molar-refractivity contribution in [3.63, 3.8) is 0 Å². The summed E-state index contributed by atoms with van der Waals surface area (Å²) in [7, 11) is 0. The molecule has 0 spiro atoms. The largest absolute Gasteiger partial charge is 0.351 e. The molecule has 0 radical (unpaired) electrons. The van der Waals surface area contributed by atoms with E-state index >= 15 is 0 Å². The number of hydrogen-bond acceptors (Lipinski definition) is 2. The lowest BCUT2D eigenvalue weighted by Crippen LogP contribution is -2.55. The minimum absolute atomic E-state index is 0.0871. The van der Waals surface area contributed by atoms with Crippen molar-refractivity contribution in [1.82, 2.24) is 10.3 Å². The van der Waals surface area contributed by atoms with Gasteiger partial charge in [0.25, 0.3) is 0 Å². The molecule has 0 saturated heterocycles. The zero-order valence-corrected chi connectivity index (χ0v) is 16.0. The molecule has 1 aromatic carbocycles. The van der Waals surface area contributed by atoms with E-state index in [9.17, 15) is 4.79 Å². The van der Waals surface area contributed by atoms with Crippen LogP contribution >= 0.6 is 11.6 Å². The normalized spacial score (nSPS) is 30.9. The number of pyridine rings is 1. The first-order chi connectivity index (χ1) is 13.1. The fraction of sp³-hybridized carbons (Fsp3) is 0.391. The number of allylic oxidation sites excluding steroid dienone is 1. The van der Waals surface area contributed by atoms with Crippen molar-refractivity contribution in [2.75, 3.05) is 0 Å². The summed E-state index contributed by atoms with van der Waals surface area (Å²) in [5.41, 5.74) is 3.62. The standard InChI is InChI=1S/C23H23ClN2O/c24-20-3-1-19(2-4-20)22-10-17-9-18(11-22)13-23(12-17,15-22)21(27)26-14-16-5-7-25-8-6-16/h1-8,12,18H,9-11,13-15H2,(H,26,27). The molecule has 4 aliphatic rings. The van der Waals surface area contributed by atoms with Crippen LogP contribution < -0.4 is 5.32 Å². The zero-order chi connectivity index (χ0) is 18.5. The summed E-state index contributed by atoms with van der Waals surface area (Å²) < 4.78 is 0. The van der Waals surface area contributed by atoms with Crippen molar-refractivity contribution in [1.29, 1.82) is 0 Å². The number of rotatable bonds is 4. The van der Waals surface area contributed by atoms with Crippen LogP contribution in [-0.4, -0.2) is 10.9 Å². The lowest BCUT2D eigenvalue weighted by molar-refractivity contribution is -0.134. The lowest BCUT2D eigenvalue weighted by Gasteiger charge is -2.57. The number of hydrogen-bond donors (Lipinski definition) is 1. The first-order valence-electron chi connectivity index (χ1n) is 9.71. The maximum absolute atomic E-state index is 13.3. The zero-order valence-electron chi connectivity index (χ0n) is 15.2. The summed E-state index contributed by atoms with van der Waals surface area (Å²) in [6.45, 7) is 0.560. The van der Waals surface area contributed by atoms with E-state index in [1.807, 2.05) is 24.3 Å². The van der Waals surface area contributed by atoms with Crippen molar-refractivity contribution in [3.05, 3.63) is 76.6 Å². The Balaban J connectivity index is 1.43. The van der Waals surface area contributed by atoms with Gasteiger partial charge in [-0.3, -0.25) is 9.78 Å². The maximum Gasteiger partial charge on any atom is 0.230 e. The summed E-state index contributed by atoms with van der Waals surface area (Å²) in [6, 6.07) is 12.2. The highest BCUT2D eigenvalue weighted by Crippen LogP contribution is 2.63. The molecule has 0 aliphatic heterocycles. The molecule has 1 N–H and O–H groups in total. The van der Waals surface area contributed by atoms with Crippen LogP contribution in [0.3, 0.4) is 0 Å². The molecule has 2 fully saturated rings. The van der Waals surface area contributed by atoms with Crippen LogP contribution in [0, 0.1) is 11.3 Å². The Hall–Kier alpha value is -2.13. The van der Waals surface area contributed by atoms with E-state index in [1.54, 1.807) is 12.4 Å². The predicted octanol–water partition coefficient (Wildman–Crippen LogP) is 4.81. The van der Waals surface area contributed by atoms with Gasteiger partial charge in [-0.15, -0.1) is 0 Å². The Morgan fingerprint density at radius 2 is 1.93 bits per heavy atom. The molecule has 1 amide bonds. The van der Waals surface area contributed by atoms with Gasteiger partial charge in [0.2, 0.25) is 5.91 Å². The summed E-state index contributed by atoms with van der Waals surface area (Å²) in [5, 5.41) is 3.97. The van der Waals surface area contributed by atoms with E-state index in [-0.39, 0.29) is 16.7 Å². The molecule has 4 heteroatoms. The first-order valence-corrected chi connectivity index (χ1v) is 10.1. The second-order valence-corrected chi connectivity index (χ2v) is 9.05. The van der Waals surface area contributed by atoms with Gasteiger partial charge in [0.05, 0.1) is 5.41 Å². The van der Waals surface area contributed by atoms with Crippen LogP contribution in [0.4, 0.5) is 0 Å². The second kappa shape index (κ2) is 6.20. The third-order valence-corrected chi connectivity index (χ3v) is 6.95. The monoisotopic (exact) mass is 378 g/mol. The molecule has 4 bridgehead atoms. The Labute approximate surface area is 164 Å². The molecule has 2 aromatic rings. The topological polar surface area (TPSA) is 42.0 Å². The number of aromatic nitrogens is 1. The van der Waals surface area contributed by atoms with Crippen molar-refractivity contribution in [2.45, 2.75) is 44.1 Å². The predicted molar refractivity (Wildman–Crippen MR) is 106 cm³/mol. The molecule has 3 unspecified atom stereocenters. The van der Waals surface area contributed by atoms with Crippen LogP contribution in [0.1, 0.15) is 43.2 Å². The van der Waals surface area contributed by atoms with Gasteiger partial charge in [-0.25, -0.2) is 0 Å². The lowest BCUT2D eigenvalue weighted by atomic mass is 9.46. The fourth-order valence-corrected chi connectivity index (χ4v) is 6.00. The molecule has 3 atom stereocenters. The van der Waals surface area contributed by atoms with Crippen LogP contribution in [0.15, 0.2) is 60.4 Å². The van der Waals surface area contributed by atoms with Gasteiger partial charge in [-0.1, -0.05) is 35.4 Å². The van der Waals surface area contributed by atoms with Gasteiger partial charge in [0, 0.05) is 29.4 Å². The fourth-order valence-electron chi connectivity index (χ4n) is 5.88. The van der Waals surface area contributed by atoms with Crippen LogP contribution in [-0.2, 0) is 16.8 Å². The van der Waals surface area contributed by atoms with Crippen molar-refractivity contribution < 1.29 is 4.79 Å². The maximum atomic E-state index is 13.3. The van der Waals surface area contributed by atoms with Gasteiger partial charge < -0.3 is 5.32 Å². The summed E-state index contributed by atoms with van der Waals surface area (Å²) in [6.07, 6.45) is 11.2. The highest BCUT2D eigenvalue weighted by Gasteiger charge is 2.57. The first kappa shape index (κ1) is 17.0. The third-order valence-electron chi connectivity index (χ3n) is 6.69. The molecule has 27 heavy (non-hydrogen) atoms. The van der Waals surface area contributed by atoms with E-state index in [1.165, 1.54) is 17.6 Å². The molecule has 4 aliphatic carbocycles. The minimum Gasteiger partial charge on any atom is -0.351 e. The quantitative estimate of drug-likeness (QED) is 0.776. The number of benzene rings is 1. The van der Waals surface area contributed by atoms with Gasteiger partial charge in [0.1, 0.15) is 0 Å². The Kier molecular flexibility index (Phi) is 3.90. The average molecular weight is 379 g/mol. The summed E-state index contributed by atoms with van der Waals surface area (Å²) >= 11 is 6.12. The van der Waals surface area contributed by atoms with Crippen molar-refractivity contribution in [2.24, 2.45) is 11.3 Å². The Morgan fingerprint density at radius 1 is 1.15 bits per heavy atom. The van der Waals surface area contributed by atoms with E-state index in [0.717, 1.165) is 36.3 Å². The molecule has 1 heterocycles. The smallest absolute Gasteiger partial charge is 0.230 e. The van der Waals surface area contributed by atoms with Gasteiger partial charge >= 0.3 is 0 Å². The summed E-state index contributed by atoms with van der Waals surface area (Å²) in [4.78, 5) is 17.3. The van der Waals surface area contributed by atoms with E-state index in [0.29, 0.717) is 12.5 Å². The van der Waals surface area contributed by atoms with E-state index in [2.05, 4.69) is 28.5 Å². The SMILES string of the molecule is O=C(NCc1ccncc1)C12C=C3CC(C1)CC(c1ccc(Cl)cc1)(C3)C2. The minimum atomic E-state index is -0.360. The van der Waals surface area contributed by atoms with Crippen LogP contribution in [0.5, 0.6) is 0 Å². The molecular weight excluding hydrogens is 356 g/mol. The third kappa shape index (κ3) is 2.89. The molecule has 2 saturated carbocycles. The number of nitrogens with one attached hydrogen (secondary N) is 1. The second-order valence-electron chi connectivity index (χ2n) is 8.62. The van der Waals surface area contributed by atoms with E-state index < -0.39 is 0 Å². The van der Waals surface area contributed by atoms with Crippen molar-refractivity contribution in [3.8, 4) is 0 Å². The van der Waals surface area contributed by atoms with Crippen LogP contribution in [0.25, 0.3) is 0 Å². The van der Waals surface area contributed by atoms with Crippen LogP contribution in [0.2, 0.25) is 5.02 Å². The molecule has 6 rings (SSSR count). The number of carbonyl (C=O) groups excluding carboxylic acids is 1. The Morgan fingerprint density at radius 3 is 2.67 bits per heavy atom. The van der Waals surface area contributed by atoms with Gasteiger partial charge in [-0.2, -0.15) is 0 Å². The highest BCUT2D eigenvalue weighted by atomic mass is 35.5. The molecule has 138 valence electrons. The number of amides is 1. The molecular formula is C23H23ClN2O. The number of halogens is 1. The molecule has 1 aromatic heterocycles. The highest BCUT2D eigenvalue weighted by molar-refractivity contribution is 6.30. The van der Waals surface area contributed by atoms with Crippen molar-refractivity contribution >= 4 is 17.5 Å². The Bertz CT molecular complexity index is 908.